The summed E-state index contributed by atoms with van der Waals surface area (Å²) in [7, 11) is 3.01. The summed E-state index contributed by atoms with van der Waals surface area (Å²) in [6.07, 6.45) is 3.19. The molecular formula is C13H17NO3. The minimum atomic E-state index is -0.207. The Morgan fingerprint density at radius 1 is 1.35 bits per heavy atom. The molecule has 0 bridgehead atoms. The Labute approximate surface area is 101 Å². The van der Waals surface area contributed by atoms with Gasteiger partial charge in [0.2, 0.25) is 0 Å². The minimum absolute atomic E-state index is 0.207. The Balaban J connectivity index is 2.62. The number of nitrogens with zero attached hydrogens (tertiary/aromatic N) is 1. The van der Waals surface area contributed by atoms with E-state index in [-0.39, 0.29) is 5.91 Å². The fraction of sp³-hybridized carbons (Fsp3) is 0.308. The van der Waals surface area contributed by atoms with Crippen molar-refractivity contribution in [1.29, 1.82) is 0 Å². The highest BCUT2D eigenvalue weighted by Crippen LogP contribution is 2.13. The smallest absolute Gasteiger partial charge is 0.269 e. The third-order valence-corrected chi connectivity index (χ3v) is 2.19. The molecule has 92 valence electrons. The minimum Gasteiger partial charge on any atom is -0.494 e. The summed E-state index contributed by atoms with van der Waals surface area (Å²) in [4.78, 5) is 16.2. The summed E-state index contributed by atoms with van der Waals surface area (Å²) in [6.45, 7) is 2.58. The lowest BCUT2D eigenvalue weighted by atomic mass is 10.2. The largest absolute Gasteiger partial charge is 0.494 e. The Bertz CT molecular complexity index is 384. The second-order valence-corrected chi connectivity index (χ2v) is 3.35. The zero-order valence-electron chi connectivity index (χ0n) is 10.3. The molecular weight excluding hydrogens is 218 g/mol. The summed E-state index contributed by atoms with van der Waals surface area (Å²) in [6, 6.07) is 7.52. The quantitative estimate of drug-likeness (QED) is 0.579. The van der Waals surface area contributed by atoms with Crippen molar-refractivity contribution in [1.82, 2.24) is 5.06 Å². The van der Waals surface area contributed by atoms with Crippen LogP contribution in [-0.2, 0) is 9.63 Å². The lowest BCUT2D eigenvalue weighted by Crippen LogP contribution is -2.22. The molecule has 1 rings (SSSR count). The van der Waals surface area contributed by atoms with Crippen LogP contribution < -0.4 is 4.74 Å². The normalized spacial score (nSPS) is 10.5. The van der Waals surface area contributed by atoms with E-state index in [9.17, 15) is 4.79 Å². The molecule has 0 fully saturated rings. The summed E-state index contributed by atoms with van der Waals surface area (Å²) in [5.74, 6) is 0.617. The van der Waals surface area contributed by atoms with Gasteiger partial charge in [0, 0.05) is 13.1 Å². The van der Waals surface area contributed by atoms with Crippen molar-refractivity contribution in [2.45, 2.75) is 6.92 Å². The Kier molecular flexibility index (Phi) is 5.23. The average Bonchev–Trinajstić information content (AvgIpc) is 2.37. The van der Waals surface area contributed by atoms with Crippen LogP contribution in [0.3, 0.4) is 0 Å². The summed E-state index contributed by atoms with van der Waals surface area (Å²) in [5.41, 5.74) is 0.936. The predicted octanol–water partition coefficient (Wildman–Crippen LogP) is 2.12. The van der Waals surface area contributed by atoms with Crippen molar-refractivity contribution in [3.05, 3.63) is 35.9 Å². The molecule has 0 N–H and O–H groups in total. The maximum absolute atomic E-state index is 11.4. The standard InChI is InChI=1S/C13H17NO3/c1-4-17-12-8-5-11(6-9-12)7-10-13(15)14(2)16-3/h5-10H,4H2,1-3H3. The van der Waals surface area contributed by atoms with Gasteiger partial charge in [-0.15, -0.1) is 0 Å². The van der Waals surface area contributed by atoms with Gasteiger partial charge in [0.05, 0.1) is 13.7 Å². The van der Waals surface area contributed by atoms with Crippen LogP contribution in [0.2, 0.25) is 0 Å². The maximum Gasteiger partial charge on any atom is 0.269 e. The second kappa shape index (κ2) is 6.70. The molecule has 0 aliphatic heterocycles. The van der Waals surface area contributed by atoms with E-state index < -0.39 is 0 Å². The molecule has 0 saturated heterocycles. The molecule has 4 heteroatoms. The lowest BCUT2D eigenvalue weighted by molar-refractivity contribution is -0.162. The number of carbonyl (C=O) groups excluding carboxylic acids is 1. The van der Waals surface area contributed by atoms with Gasteiger partial charge < -0.3 is 4.74 Å². The zero-order chi connectivity index (χ0) is 12.7. The van der Waals surface area contributed by atoms with Crippen LogP contribution in [-0.4, -0.2) is 31.7 Å². The Morgan fingerprint density at radius 3 is 2.53 bits per heavy atom. The van der Waals surface area contributed by atoms with Crippen molar-refractivity contribution >= 4 is 12.0 Å². The van der Waals surface area contributed by atoms with E-state index in [4.69, 9.17) is 9.57 Å². The van der Waals surface area contributed by atoms with Gasteiger partial charge in [-0.25, -0.2) is 5.06 Å². The monoisotopic (exact) mass is 235 g/mol. The number of benzene rings is 1. The van der Waals surface area contributed by atoms with Gasteiger partial charge >= 0.3 is 0 Å². The van der Waals surface area contributed by atoms with E-state index in [1.54, 1.807) is 13.1 Å². The van der Waals surface area contributed by atoms with Gasteiger partial charge in [-0.3, -0.25) is 9.63 Å². The van der Waals surface area contributed by atoms with Crippen LogP contribution in [0, 0.1) is 0 Å². The molecule has 0 aliphatic carbocycles. The number of likely N-dealkylation sites (N-methyl/N-ethyl adjacent to an activating group) is 1. The average molecular weight is 235 g/mol. The third-order valence-electron chi connectivity index (χ3n) is 2.19. The first-order valence-corrected chi connectivity index (χ1v) is 5.40. The van der Waals surface area contributed by atoms with Crippen molar-refractivity contribution in [3.8, 4) is 5.75 Å². The van der Waals surface area contributed by atoms with Crippen LogP contribution in [0.15, 0.2) is 30.3 Å². The van der Waals surface area contributed by atoms with E-state index in [0.717, 1.165) is 16.4 Å². The molecule has 1 amide bonds. The van der Waals surface area contributed by atoms with Crippen LogP contribution in [0.4, 0.5) is 0 Å². The number of hydrogen-bond donors (Lipinski definition) is 0. The SMILES string of the molecule is CCOc1ccc(C=CC(=O)N(C)OC)cc1. The van der Waals surface area contributed by atoms with Crippen molar-refractivity contribution in [2.24, 2.45) is 0 Å². The molecule has 17 heavy (non-hydrogen) atoms. The molecule has 0 aromatic heterocycles. The molecule has 0 spiro atoms. The first kappa shape index (κ1) is 13.3. The molecule has 0 radical (unpaired) electrons. The van der Waals surface area contributed by atoms with Gasteiger partial charge in [0.15, 0.2) is 0 Å². The number of carbonyl (C=O) groups is 1. The first-order valence-electron chi connectivity index (χ1n) is 5.40. The van der Waals surface area contributed by atoms with Gasteiger partial charge in [-0.2, -0.15) is 0 Å². The number of hydrogen-bond acceptors (Lipinski definition) is 3. The van der Waals surface area contributed by atoms with Crippen molar-refractivity contribution < 1.29 is 14.4 Å². The molecule has 1 aromatic carbocycles. The molecule has 0 unspecified atom stereocenters. The summed E-state index contributed by atoms with van der Waals surface area (Å²) in [5, 5.41) is 1.16. The van der Waals surface area contributed by atoms with Crippen LogP contribution in [0.1, 0.15) is 12.5 Å². The van der Waals surface area contributed by atoms with Gasteiger partial charge in [-0.1, -0.05) is 12.1 Å². The van der Waals surface area contributed by atoms with Gasteiger partial charge in [-0.05, 0) is 30.7 Å². The fourth-order valence-corrected chi connectivity index (χ4v) is 1.20. The van der Waals surface area contributed by atoms with Crippen molar-refractivity contribution in [2.75, 3.05) is 20.8 Å². The first-order chi connectivity index (χ1) is 8.17. The Hall–Kier alpha value is -1.81. The van der Waals surface area contributed by atoms with Crippen LogP contribution >= 0.6 is 0 Å². The number of ether oxygens (including phenoxy) is 1. The van der Waals surface area contributed by atoms with Crippen LogP contribution in [0.25, 0.3) is 6.08 Å². The fourth-order valence-electron chi connectivity index (χ4n) is 1.20. The summed E-state index contributed by atoms with van der Waals surface area (Å²) < 4.78 is 5.32. The highest BCUT2D eigenvalue weighted by molar-refractivity contribution is 5.90. The highest BCUT2D eigenvalue weighted by atomic mass is 16.7. The highest BCUT2D eigenvalue weighted by Gasteiger charge is 2.01. The lowest BCUT2D eigenvalue weighted by Gasteiger charge is -2.10. The molecule has 0 heterocycles. The van der Waals surface area contributed by atoms with E-state index >= 15 is 0 Å². The van der Waals surface area contributed by atoms with E-state index in [0.29, 0.717) is 6.61 Å². The molecule has 4 nitrogen and oxygen atoms in total. The van der Waals surface area contributed by atoms with E-state index in [1.165, 1.54) is 13.2 Å². The number of rotatable bonds is 5. The number of hydroxylamine groups is 2. The molecule has 1 aromatic rings. The number of amides is 1. The van der Waals surface area contributed by atoms with E-state index in [2.05, 4.69) is 0 Å². The molecule has 0 aliphatic rings. The molecule has 0 saturated carbocycles. The second-order valence-electron chi connectivity index (χ2n) is 3.35. The summed E-state index contributed by atoms with van der Waals surface area (Å²) >= 11 is 0. The van der Waals surface area contributed by atoms with Crippen molar-refractivity contribution in [3.63, 3.8) is 0 Å². The predicted molar refractivity (Wildman–Crippen MR) is 66.4 cm³/mol. The Morgan fingerprint density at radius 2 is 2.00 bits per heavy atom. The molecule has 0 atom stereocenters. The maximum atomic E-state index is 11.4. The van der Waals surface area contributed by atoms with Gasteiger partial charge in [0.1, 0.15) is 5.75 Å². The topological polar surface area (TPSA) is 38.8 Å². The van der Waals surface area contributed by atoms with E-state index in [1.807, 2.05) is 31.2 Å². The zero-order valence-corrected chi connectivity index (χ0v) is 10.3. The van der Waals surface area contributed by atoms with Gasteiger partial charge in [0.25, 0.3) is 5.91 Å². The van der Waals surface area contributed by atoms with Crippen LogP contribution in [0.5, 0.6) is 5.75 Å². The third kappa shape index (κ3) is 4.28.